The molecular formula is C15H32N2. The maximum atomic E-state index is 3.66. The van der Waals surface area contributed by atoms with Crippen LogP contribution < -0.4 is 5.32 Å². The zero-order valence-corrected chi connectivity index (χ0v) is 12.5. The van der Waals surface area contributed by atoms with Crippen LogP contribution in [0, 0.1) is 5.92 Å². The van der Waals surface area contributed by atoms with Crippen molar-refractivity contribution in [3.05, 3.63) is 0 Å². The minimum absolute atomic E-state index is 0.621. The Kier molecular flexibility index (Phi) is 6.50. The van der Waals surface area contributed by atoms with Crippen molar-refractivity contribution in [1.82, 2.24) is 10.2 Å². The summed E-state index contributed by atoms with van der Waals surface area (Å²) < 4.78 is 0. The topological polar surface area (TPSA) is 15.3 Å². The number of nitrogens with one attached hydrogen (secondary N) is 1. The lowest BCUT2D eigenvalue weighted by atomic mass is 10.0. The lowest BCUT2D eigenvalue weighted by Gasteiger charge is -2.25. The highest BCUT2D eigenvalue weighted by molar-refractivity contribution is 4.84. The van der Waals surface area contributed by atoms with E-state index in [0.717, 1.165) is 18.0 Å². The third-order valence-corrected chi connectivity index (χ3v) is 3.82. The first kappa shape index (κ1) is 15.0. The summed E-state index contributed by atoms with van der Waals surface area (Å²) in [5, 5.41) is 3.66. The average Bonchev–Trinajstić information content (AvgIpc) is 2.64. The van der Waals surface area contributed by atoms with Crippen LogP contribution in [0.3, 0.4) is 0 Å². The summed E-state index contributed by atoms with van der Waals surface area (Å²) in [4.78, 5) is 2.67. The van der Waals surface area contributed by atoms with Crippen LogP contribution in [0.5, 0.6) is 0 Å². The van der Waals surface area contributed by atoms with E-state index in [2.05, 4.69) is 44.8 Å². The Labute approximate surface area is 108 Å². The summed E-state index contributed by atoms with van der Waals surface area (Å²) in [7, 11) is 0. The van der Waals surface area contributed by atoms with Crippen LogP contribution in [0.4, 0.5) is 0 Å². The highest BCUT2D eigenvalue weighted by Gasteiger charge is 2.25. The van der Waals surface area contributed by atoms with Gasteiger partial charge in [0.15, 0.2) is 0 Å². The summed E-state index contributed by atoms with van der Waals surface area (Å²) in [5.41, 5.74) is 0. The SMILES string of the molecule is CC(C)CCCC(C)N1CCC(NC(C)C)C1. The zero-order chi connectivity index (χ0) is 12.8. The van der Waals surface area contributed by atoms with Crippen molar-refractivity contribution >= 4 is 0 Å². The Bertz CT molecular complexity index is 201. The van der Waals surface area contributed by atoms with Gasteiger partial charge in [-0.15, -0.1) is 0 Å². The molecule has 1 rings (SSSR count). The predicted octanol–water partition coefficient (Wildman–Crippen LogP) is 3.27. The van der Waals surface area contributed by atoms with Gasteiger partial charge in [-0.2, -0.15) is 0 Å². The van der Waals surface area contributed by atoms with Gasteiger partial charge in [-0.1, -0.05) is 40.5 Å². The molecule has 2 unspecified atom stereocenters. The Morgan fingerprint density at radius 1 is 1.12 bits per heavy atom. The molecule has 102 valence electrons. The first-order chi connectivity index (χ1) is 7.99. The molecule has 1 aliphatic rings. The van der Waals surface area contributed by atoms with Gasteiger partial charge in [-0.25, -0.2) is 0 Å². The number of rotatable bonds is 7. The van der Waals surface area contributed by atoms with Crippen LogP contribution in [-0.4, -0.2) is 36.1 Å². The van der Waals surface area contributed by atoms with Crippen LogP contribution in [0.1, 0.15) is 60.3 Å². The first-order valence-electron chi connectivity index (χ1n) is 7.49. The molecule has 0 bridgehead atoms. The van der Waals surface area contributed by atoms with E-state index in [4.69, 9.17) is 0 Å². The smallest absolute Gasteiger partial charge is 0.0209 e. The van der Waals surface area contributed by atoms with E-state index in [1.165, 1.54) is 38.8 Å². The molecule has 1 saturated heterocycles. The second kappa shape index (κ2) is 7.38. The lowest BCUT2D eigenvalue weighted by molar-refractivity contribution is 0.233. The molecule has 2 nitrogen and oxygen atoms in total. The Balaban J connectivity index is 2.18. The lowest BCUT2D eigenvalue weighted by Crippen LogP contribution is -2.39. The van der Waals surface area contributed by atoms with Crippen molar-refractivity contribution < 1.29 is 0 Å². The molecule has 1 fully saturated rings. The van der Waals surface area contributed by atoms with Crippen molar-refractivity contribution in [1.29, 1.82) is 0 Å². The van der Waals surface area contributed by atoms with E-state index < -0.39 is 0 Å². The molecule has 0 saturated carbocycles. The van der Waals surface area contributed by atoms with Crippen molar-refractivity contribution in [3.8, 4) is 0 Å². The molecule has 0 aliphatic carbocycles. The maximum Gasteiger partial charge on any atom is 0.0209 e. The molecule has 0 aromatic rings. The van der Waals surface area contributed by atoms with Gasteiger partial charge in [0.05, 0.1) is 0 Å². The Morgan fingerprint density at radius 3 is 2.41 bits per heavy atom. The predicted molar refractivity (Wildman–Crippen MR) is 76.4 cm³/mol. The van der Waals surface area contributed by atoms with Gasteiger partial charge in [0, 0.05) is 31.2 Å². The molecule has 1 N–H and O–H groups in total. The Morgan fingerprint density at radius 2 is 1.82 bits per heavy atom. The van der Waals surface area contributed by atoms with E-state index in [9.17, 15) is 0 Å². The van der Waals surface area contributed by atoms with Crippen molar-refractivity contribution in [3.63, 3.8) is 0 Å². The number of hydrogen-bond acceptors (Lipinski definition) is 2. The quantitative estimate of drug-likeness (QED) is 0.735. The van der Waals surface area contributed by atoms with Crippen LogP contribution in [0.25, 0.3) is 0 Å². The molecular weight excluding hydrogens is 208 g/mol. The van der Waals surface area contributed by atoms with Crippen molar-refractivity contribution in [2.75, 3.05) is 13.1 Å². The van der Waals surface area contributed by atoms with Crippen molar-refractivity contribution in [2.45, 2.75) is 78.4 Å². The molecule has 0 amide bonds. The second-order valence-electron chi connectivity index (χ2n) is 6.48. The van der Waals surface area contributed by atoms with Gasteiger partial charge < -0.3 is 5.32 Å². The third-order valence-electron chi connectivity index (χ3n) is 3.82. The molecule has 2 atom stereocenters. The first-order valence-corrected chi connectivity index (χ1v) is 7.49. The Hall–Kier alpha value is -0.0800. The molecule has 0 aromatic heterocycles. The van der Waals surface area contributed by atoms with Crippen LogP contribution in [0.15, 0.2) is 0 Å². The number of nitrogens with zero attached hydrogens (tertiary/aromatic N) is 1. The standard InChI is InChI=1S/C15H32N2/c1-12(2)7-6-8-14(5)17-10-9-15(11-17)16-13(3)4/h12-16H,6-11H2,1-5H3. The van der Waals surface area contributed by atoms with Crippen LogP contribution in [-0.2, 0) is 0 Å². The zero-order valence-electron chi connectivity index (χ0n) is 12.5. The second-order valence-corrected chi connectivity index (χ2v) is 6.48. The third kappa shape index (κ3) is 5.87. The summed E-state index contributed by atoms with van der Waals surface area (Å²) in [6, 6.07) is 2.12. The minimum Gasteiger partial charge on any atom is -0.310 e. The van der Waals surface area contributed by atoms with E-state index in [1.807, 2.05) is 0 Å². The molecule has 2 heteroatoms. The fourth-order valence-electron chi connectivity index (χ4n) is 2.80. The molecule has 1 aliphatic heterocycles. The average molecular weight is 240 g/mol. The summed E-state index contributed by atoms with van der Waals surface area (Å²) in [6.45, 7) is 14.1. The van der Waals surface area contributed by atoms with Crippen LogP contribution >= 0.6 is 0 Å². The van der Waals surface area contributed by atoms with Gasteiger partial charge in [0.1, 0.15) is 0 Å². The van der Waals surface area contributed by atoms with E-state index in [1.54, 1.807) is 0 Å². The molecule has 0 radical (unpaired) electrons. The fraction of sp³-hybridized carbons (Fsp3) is 1.00. The van der Waals surface area contributed by atoms with E-state index in [-0.39, 0.29) is 0 Å². The van der Waals surface area contributed by atoms with Gasteiger partial charge in [0.25, 0.3) is 0 Å². The molecule has 1 heterocycles. The highest BCUT2D eigenvalue weighted by Crippen LogP contribution is 2.18. The number of likely N-dealkylation sites (tertiary alicyclic amines) is 1. The fourth-order valence-corrected chi connectivity index (χ4v) is 2.80. The monoisotopic (exact) mass is 240 g/mol. The van der Waals surface area contributed by atoms with Gasteiger partial charge in [-0.05, 0) is 25.7 Å². The molecule has 17 heavy (non-hydrogen) atoms. The summed E-state index contributed by atoms with van der Waals surface area (Å²) in [6.07, 6.45) is 5.46. The summed E-state index contributed by atoms with van der Waals surface area (Å²) >= 11 is 0. The number of hydrogen-bond donors (Lipinski definition) is 1. The molecule has 0 aromatic carbocycles. The largest absolute Gasteiger partial charge is 0.310 e. The minimum atomic E-state index is 0.621. The van der Waals surface area contributed by atoms with E-state index >= 15 is 0 Å². The highest BCUT2D eigenvalue weighted by atomic mass is 15.2. The summed E-state index contributed by atoms with van der Waals surface area (Å²) in [5.74, 6) is 0.858. The van der Waals surface area contributed by atoms with Gasteiger partial charge in [-0.3, -0.25) is 4.90 Å². The van der Waals surface area contributed by atoms with Crippen molar-refractivity contribution in [2.24, 2.45) is 5.92 Å². The van der Waals surface area contributed by atoms with Crippen LogP contribution in [0.2, 0.25) is 0 Å². The maximum absolute atomic E-state index is 3.66. The normalized spacial score (nSPS) is 23.8. The van der Waals surface area contributed by atoms with Gasteiger partial charge in [0.2, 0.25) is 0 Å². The molecule has 0 spiro atoms. The van der Waals surface area contributed by atoms with E-state index in [0.29, 0.717) is 6.04 Å². The van der Waals surface area contributed by atoms with Gasteiger partial charge >= 0.3 is 0 Å².